The van der Waals surface area contributed by atoms with Gasteiger partial charge in [-0.15, -0.1) is 0 Å². The van der Waals surface area contributed by atoms with Crippen LogP contribution in [0.5, 0.6) is 0 Å². The zero-order valence-electron chi connectivity index (χ0n) is 13.8. The molecule has 1 unspecified atom stereocenters. The Kier molecular flexibility index (Phi) is 4.22. The van der Waals surface area contributed by atoms with Gasteiger partial charge in [-0.2, -0.15) is 0 Å². The summed E-state index contributed by atoms with van der Waals surface area (Å²) in [5.74, 6) is -0.0247. The van der Waals surface area contributed by atoms with Crippen molar-refractivity contribution in [1.29, 1.82) is 0 Å². The Labute approximate surface area is 137 Å². The third-order valence-corrected chi connectivity index (χ3v) is 4.91. The molecule has 0 fully saturated rings. The van der Waals surface area contributed by atoms with Crippen LogP contribution in [0.15, 0.2) is 48.5 Å². The predicted octanol–water partition coefficient (Wildman–Crippen LogP) is 3.59. The van der Waals surface area contributed by atoms with E-state index in [9.17, 15) is 4.79 Å². The van der Waals surface area contributed by atoms with Gasteiger partial charge in [0.2, 0.25) is 0 Å². The predicted molar refractivity (Wildman–Crippen MR) is 93.1 cm³/mol. The van der Waals surface area contributed by atoms with E-state index in [1.807, 2.05) is 24.3 Å². The molecule has 1 atom stereocenters. The lowest BCUT2D eigenvalue weighted by atomic mass is 9.70. The molecule has 3 nitrogen and oxygen atoms in total. The molecule has 2 aromatic rings. The summed E-state index contributed by atoms with van der Waals surface area (Å²) >= 11 is 0. The highest BCUT2D eigenvalue weighted by Gasteiger charge is 2.36. The maximum absolute atomic E-state index is 12.7. The molecule has 0 spiro atoms. The van der Waals surface area contributed by atoms with Crippen LogP contribution in [0.4, 0.5) is 0 Å². The van der Waals surface area contributed by atoms with Gasteiger partial charge < -0.3 is 11.1 Å². The molecule has 0 saturated carbocycles. The summed E-state index contributed by atoms with van der Waals surface area (Å²) in [6, 6.07) is 16.0. The van der Waals surface area contributed by atoms with E-state index in [1.165, 1.54) is 11.1 Å². The molecule has 1 amide bonds. The van der Waals surface area contributed by atoms with Crippen molar-refractivity contribution in [2.45, 2.75) is 39.3 Å². The van der Waals surface area contributed by atoms with Crippen molar-refractivity contribution in [3.05, 3.63) is 70.8 Å². The quantitative estimate of drug-likeness (QED) is 0.910. The van der Waals surface area contributed by atoms with Crippen molar-refractivity contribution in [2.24, 2.45) is 11.1 Å². The first kappa shape index (κ1) is 15.8. The molecule has 3 heteroatoms. The number of carbonyl (C=O) groups is 1. The maximum atomic E-state index is 12.7. The zero-order valence-corrected chi connectivity index (χ0v) is 13.8. The summed E-state index contributed by atoms with van der Waals surface area (Å²) in [4.78, 5) is 12.7. The van der Waals surface area contributed by atoms with E-state index in [1.54, 1.807) is 0 Å². The zero-order chi connectivity index (χ0) is 16.4. The second-order valence-electron chi connectivity index (χ2n) is 6.99. The molecular weight excluding hydrogens is 284 g/mol. The van der Waals surface area contributed by atoms with E-state index in [4.69, 9.17) is 5.73 Å². The molecule has 0 saturated heterocycles. The number of aryl methyl sites for hydroxylation is 1. The lowest BCUT2D eigenvalue weighted by Gasteiger charge is -2.40. The average molecular weight is 308 g/mol. The molecule has 1 aliphatic rings. The summed E-state index contributed by atoms with van der Waals surface area (Å²) < 4.78 is 0. The van der Waals surface area contributed by atoms with Crippen LogP contribution in [0.2, 0.25) is 0 Å². The van der Waals surface area contributed by atoms with Gasteiger partial charge >= 0.3 is 0 Å². The van der Waals surface area contributed by atoms with Crippen molar-refractivity contribution in [2.75, 3.05) is 0 Å². The minimum Gasteiger partial charge on any atom is -0.345 e. The number of hydrogen-bond acceptors (Lipinski definition) is 2. The number of nitrogens with two attached hydrogens (primary N) is 1. The number of hydrogen-bond donors (Lipinski definition) is 2. The molecule has 0 radical (unpaired) electrons. The highest BCUT2D eigenvalue weighted by atomic mass is 16.1. The summed E-state index contributed by atoms with van der Waals surface area (Å²) in [5.41, 5.74) is 9.96. The monoisotopic (exact) mass is 308 g/mol. The maximum Gasteiger partial charge on any atom is 0.251 e. The van der Waals surface area contributed by atoms with Gasteiger partial charge in [0.1, 0.15) is 0 Å². The lowest BCUT2D eigenvalue weighted by Crippen LogP contribution is -2.41. The Morgan fingerprint density at radius 2 is 1.87 bits per heavy atom. The van der Waals surface area contributed by atoms with Gasteiger partial charge in [-0.1, -0.05) is 50.2 Å². The summed E-state index contributed by atoms with van der Waals surface area (Å²) in [7, 11) is 0. The minimum absolute atomic E-state index is 0.0247. The number of rotatable bonds is 3. The molecular formula is C20H24N2O. The first-order valence-electron chi connectivity index (χ1n) is 8.19. The van der Waals surface area contributed by atoms with Gasteiger partial charge in [0.25, 0.3) is 5.91 Å². The Hall–Kier alpha value is -2.13. The summed E-state index contributed by atoms with van der Waals surface area (Å²) in [5, 5.41) is 3.25. The molecule has 0 aromatic heterocycles. The van der Waals surface area contributed by atoms with Gasteiger partial charge in [0.15, 0.2) is 0 Å². The molecule has 0 heterocycles. The van der Waals surface area contributed by atoms with Crippen LogP contribution >= 0.6 is 0 Å². The van der Waals surface area contributed by atoms with Crippen LogP contribution in [0, 0.1) is 5.41 Å². The number of fused-ring (bicyclic) bond motifs is 1. The minimum atomic E-state index is -0.0247. The van der Waals surface area contributed by atoms with Gasteiger partial charge in [0.05, 0.1) is 6.04 Å². The van der Waals surface area contributed by atoms with E-state index in [2.05, 4.69) is 43.4 Å². The van der Waals surface area contributed by atoms with Crippen molar-refractivity contribution in [3.8, 4) is 0 Å². The first-order valence-corrected chi connectivity index (χ1v) is 8.19. The van der Waals surface area contributed by atoms with Crippen molar-refractivity contribution in [1.82, 2.24) is 5.32 Å². The number of carbonyl (C=O) groups excluding carboxylic acids is 1. The SMILES string of the molecule is CC1(C)CCc2ccccc2C1NC(=O)c1ccc(CN)cc1. The van der Waals surface area contributed by atoms with Crippen LogP contribution in [0.3, 0.4) is 0 Å². The number of benzene rings is 2. The van der Waals surface area contributed by atoms with Crippen molar-refractivity contribution >= 4 is 5.91 Å². The Morgan fingerprint density at radius 3 is 2.57 bits per heavy atom. The topological polar surface area (TPSA) is 55.1 Å². The third kappa shape index (κ3) is 3.15. The second kappa shape index (κ2) is 6.17. The molecule has 120 valence electrons. The van der Waals surface area contributed by atoms with Crippen molar-refractivity contribution < 1.29 is 4.79 Å². The largest absolute Gasteiger partial charge is 0.345 e. The highest BCUT2D eigenvalue weighted by Crippen LogP contribution is 2.43. The van der Waals surface area contributed by atoms with Crippen LogP contribution in [-0.4, -0.2) is 5.91 Å². The van der Waals surface area contributed by atoms with Crippen LogP contribution < -0.4 is 11.1 Å². The first-order chi connectivity index (χ1) is 11.0. The summed E-state index contributed by atoms with van der Waals surface area (Å²) in [6.45, 7) is 4.95. The van der Waals surface area contributed by atoms with E-state index < -0.39 is 0 Å². The Balaban J connectivity index is 1.86. The molecule has 0 aliphatic heterocycles. The molecule has 3 rings (SSSR count). The fraction of sp³-hybridized carbons (Fsp3) is 0.350. The van der Waals surface area contributed by atoms with Gasteiger partial charge in [-0.3, -0.25) is 4.79 Å². The molecule has 23 heavy (non-hydrogen) atoms. The second-order valence-corrected chi connectivity index (χ2v) is 6.99. The van der Waals surface area contributed by atoms with Gasteiger partial charge in [-0.25, -0.2) is 0 Å². The number of nitrogens with one attached hydrogen (secondary N) is 1. The fourth-order valence-electron chi connectivity index (χ4n) is 3.35. The summed E-state index contributed by atoms with van der Waals surface area (Å²) in [6.07, 6.45) is 2.14. The van der Waals surface area contributed by atoms with Crippen LogP contribution in [-0.2, 0) is 13.0 Å². The number of amides is 1. The molecule has 1 aliphatic carbocycles. The van der Waals surface area contributed by atoms with E-state index >= 15 is 0 Å². The Bertz CT molecular complexity index is 704. The standard InChI is InChI=1S/C20H24N2O/c1-20(2)12-11-15-5-3-4-6-17(15)18(20)22-19(23)16-9-7-14(13-21)8-10-16/h3-10,18H,11-13,21H2,1-2H3,(H,22,23). The van der Waals surface area contributed by atoms with E-state index in [-0.39, 0.29) is 17.4 Å². The normalized spacial score (nSPS) is 19.0. The van der Waals surface area contributed by atoms with Gasteiger partial charge in [0, 0.05) is 12.1 Å². The smallest absolute Gasteiger partial charge is 0.251 e. The van der Waals surface area contributed by atoms with Crippen molar-refractivity contribution in [3.63, 3.8) is 0 Å². The van der Waals surface area contributed by atoms with Crippen LogP contribution in [0.1, 0.15) is 53.4 Å². The Morgan fingerprint density at radius 1 is 1.17 bits per heavy atom. The average Bonchev–Trinajstić information content (AvgIpc) is 2.57. The molecule has 2 aromatic carbocycles. The highest BCUT2D eigenvalue weighted by molar-refractivity contribution is 5.94. The van der Waals surface area contributed by atoms with Gasteiger partial charge in [-0.05, 0) is 47.1 Å². The molecule has 3 N–H and O–H groups in total. The van der Waals surface area contributed by atoms with Crippen LogP contribution in [0.25, 0.3) is 0 Å². The third-order valence-electron chi connectivity index (χ3n) is 4.91. The van der Waals surface area contributed by atoms with E-state index in [0.29, 0.717) is 12.1 Å². The lowest BCUT2D eigenvalue weighted by molar-refractivity contribution is 0.0881. The molecule has 0 bridgehead atoms. The van der Waals surface area contributed by atoms with E-state index in [0.717, 1.165) is 18.4 Å². The fourth-order valence-corrected chi connectivity index (χ4v) is 3.35.